The summed E-state index contributed by atoms with van der Waals surface area (Å²) in [5.74, 6) is -0.878. The van der Waals surface area contributed by atoms with E-state index in [1.54, 1.807) is 50.4 Å². The highest BCUT2D eigenvalue weighted by Crippen LogP contribution is 2.31. The maximum atomic E-state index is 14.4. The molecule has 0 saturated heterocycles. The van der Waals surface area contributed by atoms with Crippen molar-refractivity contribution in [3.63, 3.8) is 0 Å². The van der Waals surface area contributed by atoms with Crippen molar-refractivity contribution in [2.45, 2.75) is 51.6 Å². The molecule has 4 bridgehead atoms. The molecule has 3 aromatic carbocycles. The summed E-state index contributed by atoms with van der Waals surface area (Å²) < 4.78 is 10.7. The number of pyridine rings is 1. The predicted molar refractivity (Wildman–Crippen MR) is 169 cm³/mol. The number of aromatic nitrogens is 1. The zero-order valence-electron chi connectivity index (χ0n) is 25.0. The van der Waals surface area contributed by atoms with Gasteiger partial charge in [-0.3, -0.25) is 19.7 Å². The minimum Gasteiger partial charge on any atom is -0.466 e. The first-order valence-electron chi connectivity index (χ1n) is 14.7. The van der Waals surface area contributed by atoms with Crippen LogP contribution in [0.15, 0.2) is 77.7 Å². The summed E-state index contributed by atoms with van der Waals surface area (Å²) in [5, 5.41) is 10.5. The number of aromatic amines is 1. The minimum atomic E-state index is -1.21. The topological polar surface area (TPSA) is 139 Å². The van der Waals surface area contributed by atoms with Crippen molar-refractivity contribution in [1.29, 1.82) is 0 Å². The smallest absolute Gasteiger partial charge is 0.411 e. The number of fused-ring (bicyclic) bond motifs is 10. The van der Waals surface area contributed by atoms with Crippen LogP contribution < -0.4 is 21.5 Å². The molecular weight excluding hydrogens is 560 g/mol. The molecule has 10 nitrogen and oxygen atoms in total. The van der Waals surface area contributed by atoms with Crippen LogP contribution >= 0.6 is 0 Å². The van der Waals surface area contributed by atoms with E-state index < -0.39 is 29.6 Å². The van der Waals surface area contributed by atoms with Crippen molar-refractivity contribution in [2.24, 2.45) is 0 Å². The maximum absolute atomic E-state index is 14.4. The van der Waals surface area contributed by atoms with Gasteiger partial charge in [0.1, 0.15) is 6.04 Å². The second-order valence-corrected chi connectivity index (χ2v) is 11.0. The molecule has 2 atom stereocenters. The lowest BCUT2D eigenvalue weighted by Gasteiger charge is -2.33. The van der Waals surface area contributed by atoms with E-state index in [1.165, 1.54) is 0 Å². The van der Waals surface area contributed by atoms with E-state index >= 15 is 0 Å². The van der Waals surface area contributed by atoms with Crippen molar-refractivity contribution in [3.05, 3.63) is 106 Å². The Bertz CT molecular complexity index is 1770. The molecule has 228 valence electrons. The predicted octanol–water partition coefficient (Wildman–Crippen LogP) is 5.33. The number of nitrogens with one attached hydrogen (secondary N) is 4. The average Bonchev–Trinajstić information content (AvgIpc) is 3.00. The van der Waals surface area contributed by atoms with Gasteiger partial charge < -0.3 is 25.1 Å². The normalized spacial score (nSPS) is 18.7. The molecule has 0 unspecified atom stereocenters. The molecule has 4 N–H and O–H groups in total. The zero-order valence-corrected chi connectivity index (χ0v) is 25.0. The van der Waals surface area contributed by atoms with Gasteiger partial charge in [0.2, 0.25) is 5.91 Å². The lowest BCUT2D eigenvalue weighted by molar-refractivity contribution is -0.145. The third-order valence-corrected chi connectivity index (χ3v) is 7.85. The van der Waals surface area contributed by atoms with Crippen LogP contribution in [0.4, 0.5) is 16.2 Å². The van der Waals surface area contributed by atoms with E-state index in [4.69, 9.17) is 9.47 Å². The summed E-state index contributed by atoms with van der Waals surface area (Å²) in [6.07, 6.45) is 2.04. The number of anilines is 2. The Morgan fingerprint density at radius 1 is 1.05 bits per heavy atom. The molecular formula is C34H36N4O6. The molecule has 6 rings (SSSR count). The Balaban J connectivity index is 1.62. The second kappa shape index (κ2) is 13.0. The molecule has 10 heteroatoms. The molecule has 2 aliphatic heterocycles. The summed E-state index contributed by atoms with van der Waals surface area (Å²) in [6.45, 7) is 5.85. The third-order valence-electron chi connectivity index (χ3n) is 7.85. The van der Waals surface area contributed by atoms with Gasteiger partial charge >= 0.3 is 12.1 Å². The lowest BCUT2D eigenvalue weighted by atomic mass is 9.87. The Labute approximate surface area is 255 Å². The minimum absolute atomic E-state index is 0.155. The Morgan fingerprint density at radius 2 is 1.89 bits per heavy atom. The molecule has 2 amide bonds. The number of benzene rings is 3. The van der Waals surface area contributed by atoms with Gasteiger partial charge in [-0.1, -0.05) is 43.3 Å². The van der Waals surface area contributed by atoms with Crippen molar-refractivity contribution in [3.8, 4) is 0 Å². The first-order chi connectivity index (χ1) is 21.2. The summed E-state index contributed by atoms with van der Waals surface area (Å²) in [6, 6.07) is 19.0. The van der Waals surface area contributed by atoms with Crippen LogP contribution in [0.5, 0.6) is 0 Å². The van der Waals surface area contributed by atoms with Gasteiger partial charge in [0.05, 0.1) is 25.2 Å². The van der Waals surface area contributed by atoms with Crippen LogP contribution in [0.25, 0.3) is 10.8 Å². The van der Waals surface area contributed by atoms with Gasteiger partial charge in [-0.15, -0.1) is 0 Å². The third kappa shape index (κ3) is 6.75. The fraction of sp³-hybridized carbons (Fsp3) is 0.294. The van der Waals surface area contributed by atoms with Crippen molar-refractivity contribution < 1.29 is 23.9 Å². The number of rotatable bonds is 6. The van der Waals surface area contributed by atoms with Crippen LogP contribution in [0.1, 0.15) is 55.5 Å². The zero-order chi connectivity index (χ0) is 31.3. The first kappa shape index (κ1) is 30.3. The molecule has 0 spiro atoms. The number of hydrogen-bond donors (Lipinski definition) is 4. The number of aryl methyl sites for hydroxylation is 1. The standard InChI is InChI=1S/C34H36N4O6/c1-4-21-17-24-10-9-22(21)14-16-44-33(42)37-26-8-6-7-25(18-26)34(3,20-29(39)43-5-2)38-32(41)30(24)36-27-12-11-23-13-15-35-31(40)28(23)19-27/h6-13,15,17-19,30,36H,4-5,14,16,20H2,1-3H3,(H,35,40)(H,37,42)(H,38,41)/t30-,34-/m1/s1. The maximum Gasteiger partial charge on any atom is 0.411 e. The molecule has 2 aliphatic rings. The van der Waals surface area contributed by atoms with Crippen LogP contribution in [0.3, 0.4) is 0 Å². The molecule has 0 aliphatic carbocycles. The van der Waals surface area contributed by atoms with E-state index in [0.717, 1.165) is 16.5 Å². The summed E-state index contributed by atoms with van der Waals surface area (Å²) in [4.78, 5) is 55.0. The van der Waals surface area contributed by atoms with E-state index in [2.05, 4.69) is 20.9 Å². The monoisotopic (exact) mass is 596 g/mol. The van der Waals surface area contributed by atoms with Gasteiger partial charge in [0, 0.05) is 29.4 Å². The van der Waals surface area contributed by atoms with Crippen LogP contribution in [-0.4, -0.2) is 36.2 Å². The highest BCUT2D eigenvalue weighted by atomic mass is 16.5. The molecule has 1 aromatic heterocycles. The number of esters is 1. The number of H-pyrrole nitrogens is 1. The highest BCUT2D eigenvalue weighted by molar-refractivity contribution is 5.90. The second-order valence-electron chi connectivity index (χ2n) is 11.0. The van der Waals surface area contributed by atoms with Crippen molar-refractivity contribution in [2.75, 3.05) is 23.8 Å². The summed E-state index contributed by atoms with van der Waals surface area (Å²) in [7, 11) is 0. The van der Waals surface area contributed by atoms with Gasteiger partial charge in [0.15, 0.2) is 0 Å². The fourth-order valence-electron chi connectivity index (χ4n) is 5.55. The Morgan fingerprint density at radius 3 is 2.68 bits per heavy atom. The van der Waals surface area contributed by atoms with Crippen LogP contribution in [0, 0.1) is 0 Å². The largest absolute Gasteiger partial charge is 0.466 e. The van der Waals surface area contributed by atoms with E-state index in [-0.39, 0.29) is 25.2 Å². The quantitative estimate of drug-likeness (QED) is 0.221. The first-order valence-corrected chi connectivity index (χ1v) is 14.7. The van der Waals surface area contributed by atoms with Gasteiger partial charge in [-0.05, 0) is 78.2 Å². The Hall–Kier alpha value is -5.12. The SMILES string of the molecule is CCOC(=O)C[C@@]1(C)NC(=O)[C@H](Nc2ccc3cc[nH]c(=O)c3c2)c2ccc(c(CC)c2)CCOC(=O)Nc2cccc1c2. The van der Waals surface area contributed by atoms with E-state index in [1.807, 2.05) is 43.3 Å². The van der Waals surface area contributed by atoms with Crippen LogP contribution in [-0.2, 0) is 37.4 Å². The number of carbonyl (C=O) groups excluding carboxylic acids is 3. The van der Waals surface area contributed by atoms with Crippen molar-refractivity contribution >= 4 is 40.1 Å². The Kier molecular flexibility index (Phi) is 8.99. The molecule has 44 heavy (non-hydrogen) atoms. The van der Waals surface area contributed by atoms with Gasteiger partial charge in [-0.2, -0.15) is 0 Å². The summed E-state index contributed by atoms with van der Waals surface area (Å²) in [5.41, 5.74) is 2.88. The average molecular weight is 597 g/mol. The summed E-state index contributed by atoms with van der Waals surface area (Å²) >= 11 is 0. The highest BCUT2D eigenvalue weighted by Gasteiger charge is 2.35. The lowest BCUT2D eigenvalue weighted by Crippen LogP contribution is -2.48. The van der Waals surface area contributed by atoms with Gasteiger partial charge in [0.25, 0.3) is 5.56 Å². The van der Waals surface area contributed by atoms with E-state index in [0.29, 0.717) is 40.7 Å². The van der Waals surface area contributed by atoms with E-state index in [9.17, 15) is 19.2 Å². The number of amides is 2. The van der Waals surface area contributed by atoms with Crippen LogP contribution in [0.2, 0.25) is 0 Å². The number of hydrogen-bond acceptors (Lipinski definition) is 7. The molecule has 0 radical (unpaired) electrons. The molecule has 0 saturated carbocycles. The van der Waals surface area contributed by atoms with Gasteiger partial charge in [-0.25, -0.2) is 4.79 Å². The fourth-order valence-corrected chi connectivity index (χ4v) is 5.55. The number of carbonyl (C=O) groups is 3. The number of ether oxygens (including phenoxy) is 2. The van der Waals surface area contributed by atoms with Crippen molar-refractivity contribution in [1.82, 2.24) is 10.3 Å². The molecule has 3 heterocycles. The molecule has 0 fully saturated rings. The molecule has 4 aromatic rings.